The number of thiophene rings is 1. The maximum atomic E-state index is 11.7. The average Bonchev–Trinajstić information content (AvgIpc) is 3.06. The zero-order chi connectivity index (χ0) is 16.5. The molecule has 6 nitrogen and oxygen atoms in total. The van der Waals surface area contributed by atoms with Gasteiger partial charge in [-0.15, -0.1) is 0 Å². The molecule has 1 aromatic carbocycles. The summed E-state index contributed by atoms with van der Waals surface area (Å²) in [4.78, 5) is 22.0. The number of carbonyl (C=O) groups excluding carboxylic acids is 1. The Balaban J connectivity index is 1.64. The highest BCUT2D eigenvalue weighted by atomic mass is 32.2. The molecule has 0 radical (unpaired) electrons. The number of hydrogen-bond acceptors (Lipinski definition) is 6. The summed E-state index contributed by atoms with van der Waals surface area (Å²) in [6.07, 6.45) is 0. The molecule has 1 N–H and O–H groups in total. The van der Waals surface area contributed by atoms with E-state index in [1.165, 1.54) is 17.7 Å². The summed E-state index contributed by atoms with van der Waals surface area (Å²) in [6, 6.07) is 8.07. The van der Waals surface area contributed by atoms with E-state index in [-0.39, 0.29) is 24.0 Å². The Morgan fingerprint density at radius 1 is 1.35 bits per heavy atom. The molecule has 0 saturated heterocycles. The number of benzene rings is 1. The van der Waals surface area contributed by atoms with Crippen molar-refractivity contribution in [3.63, 3.8) is 0 Å². The van der Waals surface area contributed by atoms with Gasteiger partial charge in [0.2, 0.25) is 0 Å². The first-order chi connectivity index (χ1) is 11.2. The van der Waals surface area contributed by atoms with Crippen molar-refractivity contribution in [1.29, 1.82) is 0 Å². The Hall–Kier alpha value is -2.06. The van der Waals surface area contributed by atoms with E-state index in [9.17, 15) is 14.9 Å². The van der Waals surface area contributed by atoms with Crippen LogP contribution in [0, 0.1) is 10.1 Å². The highest BCUT2D eigenvalue weighted by Gasteiger charge is 2.14. The second kappa shape index (κ2) is 9.16. The van der Waals surface area contributed by atoms with Crippen molar-refractivity contribution in [3.05, 3.63) is 56.8 Å². The van der Waals surface area contributed by atoms with E-state index in [1.54, 1.807) is 35.2 Å². The Kier molecular flexibility index (Phi) is 6.89. The smallest absolute Gasteiger partial charge is 0.310 e. The van der Waals surface area contributed by atoms with Crippen molar-refractivity contribution in [2.24, 2.45) is 0 Å². The van der Waals surface area contributed by atoms with E-state index in [1.807, 2.05) is 5.38 Å². The van der Waals surface area contributed by atoms with Gasteiger partial charge in [0.25, 0.3) is 5.91 Å². The second-order valence-electron chi connectivity index (χ2n) is 4.55. The maximum Gasteiger partial charge on any atom is 0.310 e. The Morgan fingerprint density at radius 2 is 2.17 bits per heavy atom. The number of hydrogen-bond donors (Lipinski definition) is 1. The minimum Gasteiger partial charge on any atom is -0.477 e. The van der Waals surface area contributed by atoms with E-state index in [0.29, 0.717) is 6.54 Å². The van der Waals surface area contributed by atoms with Crippen LogP contribution in [0.3, 0.4) is 0 Å². The van der Waals surface area contributed by atoms with Crippen molar-refractivity contribution >= 4 is 34.7 Å². The molecule has 2 rings (SSSR count). The molecular weight excluding hydrogens is 336 g/mol. The summed E-state index contributed by atoms with van der Waals surface area (Å²) in [5.41, 5.74) is 1.14. The molecule has 0 aliphatic carbocycles. The second-order valence-corrected chi connectivity index (χ2v) is 6.43. The fourth-order valence-electron chi connectivity index (χ4n) is 1.75. The molecule has 8 heteroatoms. The third-order valence-corrected chi connectivity index (χ3v) is 4.60. The lowest BCUT2D eigenvalue weighted by atomic mass is 10.3. The molecular formula is C15H16N2O4S2. The summed E-state index contributed by atoms with van der Waals surface area (Å²) >= 11 is 3.40. The van der Waals surface area contributed by atoms with Crippen molar-refractivity contribution < 1.29 is 14.5 Å². The fourth-order valence-corrected chi connectivity index (χ4v) is 3.33. The summed E-state index contributed by atoms with van der Waals surface area (Å²) < 4.78 is 5.22. The monoisotopic (exact) mass is 352 g/mol. The third kappa shape index (κ3) is 5.91. The fraction of sp³-hybridized carbons (Fsp3) is 0.267. The first-order valence-corrected chi connectivity index (χ1v) is 8.98. The van der Waals surface area contributed by atoms with Gasteiger partial charge in [-0.3, -0.25) is 14.9 Å². The lowest BCUT2D eigenvalue weighted by molar-refractivity contribution is -0.385. The van der Waals surface area contributed by atoms with Crippen LogP contribution < -0.4 is 10.1 Å². The van der Waals surface area contributed by atoms with E-state index in [0.717, 1.165) is 11.5 Å². The van der Waals surface area contributed by atoms with Crippen molar-refractivity contribution in [3.8, 4) is 5.75 Å². The summed E-state index contributed by atoms with van der Waals surface area (Å²) in [5.74, 6) is 1.53. The van der Waals surface area contributed by atoms with E-state index in [2.05, 4.69) is 16.8 Å². The standard InChI is InChI=1S/C15H16N2O4S2/c18-15(16-6-8-23-11-12-5-7-22-10-12)9-21-14-4-2-1-3-13(14)17(19)20/h1-5,7,10H,6,8-9,11H2,(H,16,18). The predicted octanol–water partition coefficient (Wildman–Crippen LogP) is 3.08. The number of thioether (sulfide) groups is 1. The number of nitrogens with zero attached hydrogens (tertiary/aromatic N) is 1. The number of ether oxygens (including phenoxy) is 1. The molecule has 0 aliphatic heterocycles. The first-order valence-electron chi connectivity index (χ1n) is 6.88. The largest absolute Gasteiger partial charge is 0.477 e. The van der Waals surface area contributed by atoms with Gasteiger partial charge in [-0.2, -0.15) is 23.1 Å². The molecule has 1 aromatic heterocycles. The molecule has 0 bridgehead atoms. The normalized spacial score (nSPS) is 10.3. The molecule has 1 amide bonds. The van der Waals surface area contributed by atoms with Gasteiger partial charge in [0.1, 0.15) is 0 Å². The van der Waals surface area contributed by atoms with Crippen LogP contribution in [0.1, 0.15) is 5.56 Å². The predicted molar refractivity (Wildman–Crippen MR) is 92.1 cm³/mol. The molecule has 122 valence electrons. The van der Waals surface area contributed by atoms with Crippen molar-refractivity contribution in [2.45, 2.75) is 5.75 Å². The van der Waals surface area contributed by atoms with Gasteiger partial charge in [0.05, 0.1) is 4.92 Å². The Bertz CT molecular complexity index is 647. The number of para-hydroxylation sites is 2. The molecule has 0 spiro atoms. The molecule has 0 saturated carbocycles. The minimum atomic E-state index is -0.533. The molecule has 2 aromatic rings. The van der Waals surface area contributed by atoms with Crippen LogP contribution in [0.5, 0.6) is 5.75 Å². The summed E-state index contributed by atoms with van der Waals surface area (Å²) in [5, 5.41) is 17.7. The minimum absolute atomic E-state index is 0.0967. The first kappa shape index (κ1) is 17.3. The summed E-state index contributed by atoms with van der Waals surface area (Å²) in [7, 11) is 0. The van der Waals surface area contributed by atoms with Crippen LogP contribution in [0.2, 0.25) is 0 Å². The quantitative estimate of drug-likeness (QED) is 0.426. The highest BCUT2D eigenvalue weighted by molar-refractivity contribution is 7.98. The van der Waals surface area contributed by atoms with E-state index in [4.69, 9.17) is 4.74 Å². The van der Waals surface area contributed by atoms with Crippen LogP contribution in [0.25, 0.3) is 0 Å². The van der Waals surface area contributed by atoms with Gasteiger partial charge in [0.15, 0.2) is 12.4 Å². The van der Waals surface area contributed by atoms with Crippen molar-refractivity contribution in [2.75, 3.05) is 18.9 Å². The van der Waals surface area contributed by atoms with Crippen LogP contribution in [0.4, 0.5) is 5.69 Å². The van der Waals surface area contributed by atoms with E-state index < -0.39 is 4.92 Å². The highest BCUT2D eigenvalue weighted by Crippen LogP contribution is 2.25. The number of nitro groups is 1. The van der Waals surface area contributed by atoms with Gasteiger partial charge in [0, 0.05) is 24.1 Å². The van der Waals surface area contributed by atoms with Crippen LogP contribution in [-0.4, -0.2) is 29.7 Å². The SMILES string of the molecule is O=C(COc1ccccc1[N+](=O)[O-])NCCSCc1ccsc1. The van der Waals surface area contributed by atoms with Gasteiger partial charge in [-0.25, -0.2) is 0 Å². The number of nitro benzene ring substituents is 1. The van der Waals surface area contributed by atoms with Gasteiger partial charge in [-0.1, -0.05) is 12.1 Å². The van der Waals surface area contributed by atoms with Gasteiger partial charge in [-0.05, 0) is 28.5 Å². The number of rotatable bonds is 9. The number of nitrogens with one attached hydrogen (secondary N) is 1. The zero-order valence-corrected chi connectivity index (χ0v) is 13.9. The Labute approximate surface area is 142 Å². The molecule has 1 heterocycles. The molecule has 0 unspecified atom stereocenters. The summed E-state index contributed by atoms with van der Waals surface area (Å²) in [6.45, 7) is 0.300. The van der Waals surface area contributed by atoms with E-state index >= 15 is 0 Å². The average molecular weight is 352 g/mol. The molecule has 0 fully saturated rings. The zero-order valence-electron chi connectivity index (χ0n) is 12.3. The van der Waals surface area contributed by atoms with Gasteiger partial charge >= 0.3 is 5.69 Å². The van der Waals surface area contributed by atoms with Gasteiger partial charge < -0.3 is 10.1 Å². The molecule has 0 atom stereocenters. The number of carbonyl (C=O) groups is 1. The van der Waals surface area contributed by atoms with Crippen molar-refractivity contribution in [1.82, 2.24) is 5.32 Å². The lowest BCUT2D eigenvalue weighted by Crippen LogP contribution is -2.30. The topological polar surface area (TPSA) is 81.5 Å². The maximum absolute atomic E-state index is 11.7. The lowest BCUT2D eigenvalue weighted by Gasteiger charge is -2.07. The van der Waals surface area contributed by atoms with Crippen LogP contribution >= 0.6 is 23.1 Å². The molecule has 0 aliphatic rings. The third-order valence-electron chi connectivity index (χ3n) is 2.84. The Morgan fingerprint density at radius 3 is 2.91 bits per heavy atom. The molecule has 23 heavy (non-hydrogen) atoms. The van der Waals surface area contributed by atoms with Crippen LogP contribution in [-0.2, 0) is 10.5 Å². The van der Waals surface area contributed by atoms with Crippen LogP contribution in [0.15, 0.2) is 41.1 Å². The number of amides is 1.